The Kier molecular flexibility index (Phi) is 6.53. The summed E-state index contributed by atoms with van der Waals surface area (Å²) in [6.07, 6.45) is 2.97. The second-order valence-electron chi connectivity index (χ2n) is 8.02. The van der Waals surface area contributed by atoms with Crippen molar-refractivity contribution in [1.82, 2.24) is 14.7 Å². The lowest BCUT2D eigenvalue weighted by molar-refractivity contribution is -0.134. The molecule has 5 nitrogen and oxygen atoms in total. The molecule has 0 spiro atoms. The van der Waals surface area contributed by atoms with Crippen LogP contribution in [0.3, 0.4) is 0 Å². The SMILES string of the molecule is Cc1ccc(C(C)N2CCN(C(=O)CCCN3CCCC3=O)CC2)cc1C. The van der Waals surface area contributed by atoms with E-state index in [0.29, 0.717) is 18.9 Å². The molecule has 2 amide bonds. The average molecular weight is 372 g/mol. The molecule has 1 unspecified atom stereocenters. The number of carbonyl (C=O) groups is 2. The molecule has 2 aliphatic heterocycles. The summed E-state index contributed by atoms with van der Waals surface area (Å²) in [6.45, 7) is 11.6. The van der Waals surface area contributed by atoms with Crippen LogP contribution in [0, 0.1) is 13.8 Å². The molecule has 2 aliphatic rings. The maximum absolute atomic E-state index is 12.5. The summed E-state index contributed by atoms with van der Waals surface area (Å²) in [5, 5.41) is 0. The van der Waals surface area contributed by atoms with Gasteiger partial charge in [-0.15, -0.1) is 0 Å². The van der Waals surface area contributed by atoms with Gasteiger partial charge in [0.2, 0.25) is 11.8 Å². The van der Waals surface area contributed by atoms with Gasteiger partial charge in [0.25, 0.3) is 0 Å². The molecule has 1 atom stereocenters. The molecule has 0 aliphatic carbocycles. The zero-order valence-corrected chi connectivity index (χ0v) is 17.0. The molecule has 2 saturated heterocycles. The Labute approximate surface area is 163 Å². The van der Waals surface area contributed by atoms with Crippen LogP contribution in [0.2, 0.25) is 0 Å². The quantitative estimate of drug-likeness (QED) is 0.772. The molecule has 3 rings (SSSR count). The molecular weight excluding hydrogens is 338 g/mol. The molecule has 5 heteroatoms. The van der Waals surface area contributed by atoms with Crippen molar-refractivity contribution in [3.63, 3.8) is 0 Å². The van der Waals surface area contributed by atoms with Crippen LogP contribution in [0.5, 0.6) is 0 Å². The predicted molar refractivity (Wildman–Crippen MR) is 108 cm³/mol. The third kappa shape index (κ3) is 4.89. The fourth-order valence-electron chi connectivity index (χ4n) is 4.11. The lowest BCUT2D eigenvalue weighted by Crippen LogP contribution is -2.49. The van der Waals surface area contributed by atoms with Gasteiger partial charge in [0.15, 0.2) is 0 Å². The second kappa shape index (κ2) is 8.87. The lowest BCUT2D eigenvalue weighted by atomic mass is 10.0. The minimum absolute atomic E-state index is 0.236. The Morgan fingerprint density at radius 1 is 1.07 bits per heavy atom. The molecule has 1 aromatic carbocycles. The van der Waals surface area contributed by atoms with E-state index in [0.717, 1.165) is 52.1 Å². The predicted octanol–water partition coefficient (Wildman–Crippen LogP) is 2.91. The molecule has 0 saturated carbocycles. The minimum Gasteiger partial charge on any atom is -0.343 e. The first-order valence-electron chi connectivity index (χ1n) is 10.3. The molecule has 0 radical (unpaired) electrons. The van der Waals surface area contributed by atoms with Crippen molar-refractivity contribution in [1.29, 1.82) is 0 Å². The van der Waals surface area contributed by atoms with E-state index in [-0.39, 0.29) is 11.8 Å². The van der Waals surface area contributed by atoms with E-state index in [1.165, 1.54) is 16.7 Å². The summed E-state index contributed by atoms with van der Waals surface area (Å²) < 4.78 is 0. The normalized spacial score (nSPS) is 19.6. The summed E-state index contributed by atoms with van der Waals surface area (Å²) in [7, 11) is 0. The van der Waals surface area contributed by atoms with Gasteiger partial charge in [-0.25, -0.2) is 0 Å². The van der Waals surface area contributed by atoms with Crippen molar-refractivity contribution in [3.8, 4) is 0 Å². The number of nitrogens with zero attached hydrogens (tertiary/aromatic N) is 3. The zero-order chi connectivity index (χ0) is 19.4. The largest absolute Gasteiger partial charge is 0.343 e. The van der Waals surface area contributed by atoms with Crippen molar-refractivity contribution < 1.29 is 9.59 Å². The van der Waals surface area contributed by atoms with Crippen molar-refractivity contribution >= 4 is 11.8 Å². The van der Waals surface area contributed by atoms with E-state index < -0.39 is 0 Å². The molecule has 148 valence electrons. The van der Waals surface area contributed by atoms with Gasteiger partial charge in [-0.2, -0.15) is 0 Å². The van der Waals surface area contributed by atoms with Gasteiger partial charge in [-0.1, -0.05) is 18.2 Å². The summed E-state index contributed by atoms with van der Waals surface area (Å²) in [5.74, 6) is 0.483. The summed E-state index contributed by atoms with van der Waals surface area (Å²) in [5.41, 5.74) is 4.02. The number of hydrogen-bond donors (Lipinski definition) is 0. The standard InChI is InChI=1S/C22H33N3O2/c1-17-8-9-20(16-18(17)2)19(3)23-12-14-25(15-13-23)22(27)7-5-11-24-10-4-6-21(24)26/h8-9,16,19H,4-7,10-15H2,1-3H3. The van der Waals surface area contributed by atoms with Crippen LogP contribution in [0.4, 0.5) is 0 Å². The van der Waals surface area contributed by atoms with Crippen LogP contribution < -0.4 is 0 Å². The number of piperazine rings is 1. The summed E-state index contributed by atoms with van der Waals surface area (Å²) in [4.78, 5) is 30.5. The number of aryl methyl sites for hydroxylation is 2. The van der Waals surface area contributed by atoms with Crippen molar-refractivity contribution in [2.24, 2.45) is 0 Å². The molecule has 2 heterocycles. The van der Waals surface area contributed by atoms with Crippen molar-refractivity contribution in [2.75, 3.05) is 39.3 Å². The van der Waals surface area contributed by atoms with Crippen LogP contribution in [0.15, 0.2) is 18.2 Å². The highest BCUT2D eigenvalue weighted by Gasteiger charge is 2.25. The van der Waals surface area contributed by atoms with Gasteiger partial charge < -0.3 is 9.80 Å². The molecule has 0 N–H and O–H groups in total. The van der Waals surface area contributed by atoms with Gasteiger partial charge >= 0.3 is 0 Å². The first kappa shape index (κ1) is 19.9. The molecular formula is C22H33N3O2. The summed E-state index contributed by atoms with van der Waals surface area (Å²) >= 11 is 0. The van der Waals surface area contributed by atoms with Crippen LogP contribution in [-0.4, -0.2) is 65.8 Å². The number of hydrogen-bond acceptors (Lipinski definition) is 3. The second-order valence-corrected chi connectivity index (χ2v) is 8.02. The highest BCUT2D eigenvalue weighted by atomic mass is 16.2. The molecule has 27 heavy (non-hydrogen) atoms. The Bertz CT molecular complexity index is 680. The van der Waals surface area contributed by atoms with Gasteiger partial charge in [-0.05, 0) is 50.3 Å². The number of amides is 2. The Morgan fingerprint density at radius 2 is 1.81 bits per heavy atom. The highest BCUT2D eigenvalue weighted by Crippen LogP contribution is 2.24. The molecule has 1 aromatic rings. The van der Waals surface area contributed by atoms with Crippen LogP contribution in [0.25, 0.3) is 0 Å². The van der Waals surface area contributed by atoms with Crippen molar-refractivity contribution in [3.05, 3.63) is 34.9 Å². The van der Waals surface area contributed by atoms with E-state index in [1.54, 1.807) is 0 Å². The zero-order valence-electron chi connectivity index (χ0n) is 17.0. The van der Waals surface area contributed by atoms with E-state index in [4.69, 9.17) is 0 Å². The molecule has 0 bridgehead atoms. The monoisotopic (exact) mass is 371 g/mol. The van der Waals surface area contributed by atoms with Crippen molar-refractivity contribution in [2.45, 2.75) is 52.5 Å². The van der Waals surface area contributed by atoms with Gasteiger partial charge in [0.05, 0.1) is 0 Å². The number of rotatable bonds is 6. The van der Waals surface area contributed by atoms with E-state index in [1.807, 2.05) is 9.80 Å². The van der Waals surface area contributed by atoms with Crippen LogP contribution in [-0.2, 0) is 9.59 Å². The fraction of sp³-hybridized carbons (Fsp3) is 0.636. The molecule has 0 aromatic heterocycles. The maximum Gasteiger partial charge on any atom is 0.222 e. The van der Waals surface area contributed by atoms with Gasteiger partial charge in [0, 0.05) is 58.2 Å². The fourth-order valence-corrected chi connectivity index (χ4v) is 4.11. The first-order valence-corrected chi connectivity index (χ1v) is 10.3. The number of carbonyl (C=O) groups excluding carboxylic acids is 2. The van der Waals surface area contributed by atoms with Gasteiger partial charge in [-0.3, -0.25) is 14.5 Å². The van der Waals surface area contributed by atoms with Crippen LogP contribution >= 0.6 is 0 Å². The topological polar surface area (TPSA) is 43.9 Å². The van der Waals surface area contributed by atoms with E-state index in [9.17, 15) is 9.59 Å². The minimum atomic E-state index is 0.236. The number of benzene rings is 1. The first-order chi connectivity index (χ1) is 13.0. The number of likely N-dealkylation sites (tertiary alicyclic amines) is 1. The van der Waals surface area contributed by atoms with E-state index in [2.05, 4.69) is 43.9 Å². The average Bonchev–Trinajstić information content (AvgIpc) is 3.08. The lowest BCUT2D eigenvalue weighted by Gasteiger charge is -2.38. The van der Waals surface area contributed by atoms with Gasteiger partial charge in [0.1, 0.15) is 0 Å². The molecule has 2 fully saturated rings. The Balaban J connectivity index is 1.43. The third-order valence-electron chi connectivity index (χ3n) is 6.22. The van der Waals surface area contributed by atoms with Crippen LogP contribution in [0.1, 0.15) is 55.3 Å². The Morgan fingerprint density at radius 3 is 2.44 bits per heavy atom. The summed E-state index contributed by atoms with van der Waals surface area (Å²) in [6, 6.07) is 7.09. The highest BCUT2D eigenvalue weighted by molar-refractivity contribution is 5.78. The maximum atomic E-state index is 12.5. The van der Waals surface area contributed by atoms with E-state index >= 15 is 0 Å². The smallest absolute Gasteiger partial charge is 0.222 e. The Hall–Kier alpha value is -1.88. The third-order valence-corrected chi connectivity index (χ3v) is 6.22.